The fourth-order valence-corrected chi connectivity index (χ4v) is 1.32. The molecule has 0 amide bonds. The standard InChI is InChI=1S/C9H5F3N2O3/c1-16-9(15)3-4(10)5(11)6(12)8-7(3)14-13-2-17-8/h2,14H,1H3. The van der Waals surface area contributed by atoms with Crippen LogP contribution in [0.1, 0.15) is 10.4 Å². The van der Waals surface area contributed by atoms with Crippen molar-refractivity contribution in [2.45, 2.75) is 0 Å². The molecule has 1 aliphatic rings. The number of fused-ring (bicyclic) bond motifs is 1. The second-order valence-corrected chi connectivity index (χ2v) is 2.98. The number of halogens is 3. The molecule has 2 rings (SSSR count). The fourth-order valence-electron chi connectivity index (χ4n) is 1.32. The van der Waals surface area contributed by atoms with Crippen LogP contribution in [0, 0.1) is 17.5 Å². The highest BCUT2D eigenvalue weighted by Gasteiger charge is 2.31. The lowest BCUT2D eigenvalue weighted by Gasteiger charge is -2.16. The predicted molar refractivity (Wildman–Crippen MR) is 50.4 cm³/mol. The van der Waals surface area contributed by atoms with Crippen molar-refractivity contribution in [3.05, 3.63) is 23.0 Å². The third-order valence-electron chi connectivity index (χ3n) is 2.07. The lowest BCUT2D eigenvalue weighted by atomic mass is 10.1. The highest BCUT2D eigenvalue weighted by Crippen LogP contribution is 2.37. The third kappa shape index (κ3) is 1.57. The van der Waals surface area contributed by atoms with Gasteiger partial charge in [0.05, 0.1) is 7.11 Å². The molecule has 8 heteroatoms. The van der Waals surface area contributed by atoms with E-state index in [1.165, 1.54) is 0 Å². The number of carbonyl (C=O) groups is 1. The van der Waals surface area contributed by atoms with Crippen LogP contribution >= 0.6 is 0 Å². The average Bonchev–Trinajstić information content (AvgIpc) is 2.36. The van der Waals surface area contributed by atoms with Crippen LogP contribution in [0.5, 0.6) is 5.75 Å². The largest absolute Gasteiger partial charge is 0.465 e. The molecule has 0 atom stereocenters. The first-order valence-electron chi connectivity index (χ1n) is 4.31. The van der Waals surface area contributed by atoms with Gasteiger partial charge >= 0.3 is 5.97 Å². The molecule has 0 bridgehead atoms. The Balaban J connectivity index is 2.75. The molecule has 1 aromatic carbocycles. The molecule has 1 aliphatic heterocycles. The number of anilines is 1. The summed E-state index contributed by atoms with van der Waals surface area (Å²) in [5, 5.41) is 3.35. The maximum Gasteiger partial charge on any atom is 0.343 e. The SMILES string of the molecule is COC(=O)c1c(F)c(F)c(F)c2c1NN=CO2. The molecule has 0 unspecified atom stereocenters. The monoisotopic (exact) mass is 246 g/mol. The van der Waals surface area contributed by atoms with Crippen LogP contribution in [0.15, 0.2) is 5.10 Å². The first-order valence-corrected chi connectivity index (χ1v) is 4.31. The zero-order chi connectivity index (χ0) is 12.6. The summed E-state index contributed by atoms with van der Waals surface area (Å²) in [5.41, 5.74) is 0.924. The van der Waals surface area contributed by atoms with Gasteiger partial charge in [0.1, 0.15) is 11.3 Å². The molecule has 0 saturated heterocycles. The molecule has 1 heterocycles. The van der Waals surface area contributed by atoms with Crippen LogP contribution in [-0.2, 0) is 4.74 Å². The quantitative estimate of drug-likeness (QED) is 0.604. The van der Waals surface area contributed by atoms with Crippen LogP contribution in [-0.4, -0.2) is 19.5 Å². The van der Waals surface area contributed by atoms with E-state index in [0.29, 0.717) is 0 Å². The van der Waals surface area contributed by atoms with Crippen LogP contribution < -0.4 is 10.2 Å². The number of methoxy groups -OCH3 is 1. The lowest BCUT2D eigenvalue weighted by molar-refractivity contribution is 0.0594. The average molecular weight is 246 g/mol. The van der Waals surface area contributed by atoms with Crippen molar-refractivity contribution in [3.63, 3.8) is 0 Å². The number of nitrogens with one attached hydrogen (secondary N) is 1. The Kier molecular flexibility index (Phi) is 2.62. The summed E-state index contributed by atoms with van der Waals surface area (Å²) in [5.74, 6) is -6.86. The molecule has 5 nitrogen and oxygen atoms in total. The molecule has 0 fully saturated rings. The number of rotatable bonds is 1. The maximum atomic E-state index is 13.4. The number of benzene rings is 1. The van der Waals surface area contributed by atoms with E-state index in [2.05, 4.69) is 20.0 Å². The van der Waals surface area contributed by atoms with Gasteiger partial charge in [-0.05, 0) is 0 Å². The number of hydrogen-bond acceptors (Lipinski definition) is 5. The second-order valence-electron chi connectivity index (χ2n) is 2.98. The molecular weight excluding hydrogens is 241 g/mol. The smallest absolute Gasteiger partial charge is 0.343 e. The molecular formula is C9H5F3N2O3. The van der Waals surface area contributed by atoms with E-state index in [9.17, 15) is 18.0 Å². The number of hydrogen-bond donors (Lipinski definition) is 1. The molecule has 0 spiro atoms. The van der Waals surface area contributed by atoms with Crippen molar-refractivity contribution in [1.82, 2.24) is 0 Å². The summed E-state index contributed by atoms with van der Waals surface area (Å²) in [7, 11) is 0.975. The Morgan fingerprint density at radius 2 is 2.06 bits per heavy atom. The van der Waals surface area contributed by atoms with E-state index in [1.54, 1.807) is 0 Å². The van der Waals surface area contributed by atoms with E-state index in [0.717, 1.165) is 13.5 Å². The Bertz CT molecular complexity index is 531. The van der Waals surface area contributed by atoms with E-state index >= 15 is 0 Å². The second kappa shape index (κ2) is 3.96. The number of nitrogens with zero attached hydrogens (tertiary/aromatic N) is 1. The minimum atomic E-state index is -1.82. The Morgan fingerprint density at radius 1 is 1.35 bits per heavy atom. The van der Waals surface area contributed by atoms with Gasteiger partial charge in [-0.25, -0.2) is 13.6 Å². The van der Waals surface area contributed by atoms with Gasteiger partial charge in [-0.15, -0.1) is 5.10 Å². The van der Waals surface area contributed by atoms with Gasteiger partial charge in [0.15, 0.2) is 23.8 Å². The van der Waals surface area contributed by atoms with Gasteiger partial charge in [-0.2, -0.15) is 4.39 Å². The van der Waals surface area contributed by atoms with E-state index < -0.39 is 40.4 Å². The lowest BCUT2D eigenvalue weighted by Crippen LogP contribution is -2.16. The van der Waals surface area contributed by atoms with Crippen LogP contribution in [0.3, 0.4) is 0 Å². The van der Waals surface area contributed by atoms with Crippen LogP contribution in [0.25, 0.3) is 0 Å². The topological polar surface area (TPSA) is 59.9 Å². The summed E-state index contributed by atoms with van der Waals surface area (Å²) >= 11 is 0. The number of ether oxygens (including phenoxy) is 2. The van der Waals surface area contributed by atoms with Crippen molar-refractivity contribution in [2.75, 3.05) is 12.5 Å². The maximum absolute atomic E-state index is 13.4. The summed E-state index contributed by atoms with van der Waals surface area (Å²) in [6, 6.07) is 0. The van der Waals surface area contributed by atoms with Crippen molar-refractivity contribution in [2.24, 2.45) is 5.10 Å². The zero-order valence-corrected chi connectivity index (χ0v) is 8.38. The van der Waals surface area contributed by atoms with E-state index in [4.69, 9.17) is 0 Å². The molecule has 1 aromatic rings. The number of hydrazone groups is 1. The van der Waals surface area contributed by atoms with Crippen molar-refractivity contribution in [3.8, 4) is 5.75 Å². The molecule has 1 N–H and O–H groups in total. The van der Waals surface area contributed by atoms with Gasteiger partial charge in [0.25, 0.3) is 0 Å². The Morgan fingerprint density at radius 3 is 2.71 bits per heavy atom. The fraction of sp³-hybridized carbons (Fsp3) is 0.111. The highest BCUT2D eigenvalue weighted by molar-refractivity contribution is 5.98. The molecule has 0 aromatic heterocycles. The minimum absolute atomic E-state index is 0.421. The summed E-state index contributed by atoms with van der Waals surface area (Å²) in [6.07, 6.45) is 0.782. The first kappa shape index (κ1) is 11.2. The van der Waals surface area contributed by atoms with Crippen molar-refractivity contribution < 1.29 is 27.4 Å². The summed E-state index contributed by atoms with van der Waals surface area (Å²) in [4.78, 5) is 11.3. The predicted octanol–water partition coefficient (Wildman–Crippen LogP) is 1.64. The van der Waals surface area contributed by atoms with Gasteiger partial charge in [0.2, 0.25) is 5.82 Å². The van der Waals surface area contributed by atoms with Gasteiger partial charge in [0, 0.05) is 0 Å². The van der Waals surface area contributed by atoms with Gasteiger partial charge in [-0.1, -0.05) is 0 Å². The van der Waals surface area contributed by atoms with Crippen molar-refractivity contribution >= 4 is 18.1 Å². The zero-order valence-electron chi connectivity index (χ0n) is 8.38. The third-order valence-corrected chi connectivity index (χ3v) is 2.07. The summed E-state index contributed by atoms with van der Waals surface area (Å²) < 4.78 is 48.7. The van der Waals surface area contributed by atoms with Crippen LogP contribution in [0.4, 0.5) is 18.9 Å². The molecule has 0 radical (unpaired) electrons. The number of esters is 1. The van der Waals surface area contributed by atoms with E-state index in [1.807, 2.05) is 0 Å². The summed E-state index contributed by atoms with van der Waals surface area (Å²) in [6.45, 7) is 0. The molecule has 0 aliphatic carbocycles. The Hall–Kier alpha value is -2.25. The van der Waals surface area contributed by atoms with Gasteiger partial charge < -0.3 is 9.47 Å². The molecule has 90 valence electrons. The van der Waals surface area contributed by atoms with E-state index in [-0.39, 0.29) is 0 Å². The normalized spacial score (nSPS) is 12.5. The number of carbonyl (C=O) groups excluding carboxylic acids is 1. The minimum Gasteiger partial charge on any atom is -0.465 e. The first-order chi connectivity index (χ1) is 8.07. The molecule has 17 heavy (non-hydrogen) atoms. The van der Waals surface area contributed by atoms with Crippen molar-refractivity contribution in [1.29, 1.82) is 0 Å². The molecule has 0 saturated carbocycles. The van der Waals surface area contributed by atoms with Crippen LogP contribution in [0.2, 0.25) is 0 Å². The Labute approximate surface area is 92.8 Å². The highest BCUT2D eigenvalue weighted by atomic mass is 19.2. The van der Waals surface area contributed by atoms with Gasteiger partial charge in [-0.3, -0.25) is 5.43 Å².